The van der Waals surface area contributed by atoms with Gasteiger partial charge in [-0.2, -0.15) is 0 Å². The molecule has 1 saturated heterocycles. The van der Waals surface area contributed by atoms with Crippen LogP contribution in [0, 0.1) is 5.41 Å². The lowest BCUT2D eigenvalue weighted by molar-refractivity contribution is -0.166. The molecule has 0 aliphatic carbocycles. The minimum Gasteiger partial charge on any atom is -0.465 e. The number of carbonyl (C=O) groups excluding carboxylic acids is 2. The second-order valence-corrected chi connectivity index (χ2v) is 10.8. The molecule has 0 saturated carbocycles. The summed E-state index contributed by atoms with van der Waals surface area (Å²) in [5.74, 6) is -0.212. The van der Waals surface area contributed by atoms with E-state index in [9.17, 15) is 9.59 Å². The Bertz CT molecular complexity index is 1100. The van der Waals surface area contributed by atoms with Gasteiger partial charge >= 0.3 is 12.1 Å². The Balaban J connectivity index is 1.85. The number of carbonyl (C=O) groups is 2. The number of ether oxygens (including phenoxy) is 3. The molecule has 7 heteroatoms. The van der Waals surface area contributed by atoms with E-state index >= 15 is 0 Å². The van der Waals surface area contributed by atoms with Crippen molar-refractivity contribution in [3.63, 3.8) is 0 Å². The summed E-state index contributed by atoms with van der Waals surface area (Å²) in [6.45, 7) is 14.0. The van der Waals surface area contributed by atoms with Crippen LogP contribution in [0.2, 0.25) is 0 Å². The van der Waals surface area contributed by atoms with Crippen LogP contribution in [-0.2, 0) is 19.0 Å². The quantitative estimate of drug-likeness (QED) is 0.510. The van der Waals surface area contributed by atoms with E-state index in [1.165, 1.54) is 0 Å². The first-order chi connectivity index (χ1) is 16.3. The molecule has 0 bridgehead atoms. The van der Waals surface area contributed by atoms with Crippen molar-refractivity contribution in [2.75, 3.05) is 13.2 Å². The molecule has 2 atom stereocenters. The Morgan fingerprint density at radius 3 is 2.60 bits per heavy atom. The number of alkyl carbamates (subject to hydrolysis) is 1. The van der Waals surface area contributed by atoms with Crippen molar-refractivity contribution in [3.8, 4) is 0 Å². The molecule has 35 heavy (non-hydrogen) atoms. The van der Waals surface area contributed by atoms with Gasteiger partial charge < -0.3 is 19.5 Å². The van der Waals surface area contributed by atoms with Gasteiger partial charge in [0.25, 0.3) is 0 Å². The summed E-state index contributed by atoms with van der Waals surface area (Å²) in [7, 11) is 0. The van der Waals surface area contributed by atoms with Gasteiger partial charge in [-0.3, -0.25) is 9.78 Å². The number of fused-ring (bicyclic) bond motifs is 1. The van der Waals surface area contributed by atoms with Gasteiger partial charge in [0.1, 0.15) is 5.60 Å². The Labute approximate surface area is 208 Å². The minimum absolute atomic E-state index is 0.212. The summed E-state index contributed by atoms with van der Waals surface area (Å²) < 4.78 is 16.6. The molecule has 2 heterocycles. The summed E-state index contributed by atoms with van der Waals surface area (Å²) in [6.07, 6.45) is 4.59. The standard InChI is InChI=1S/C28H38N2O5/c1-8-33-24(31)28(15-16-34-27(6,7)18-28)14-13-20-9-10-21-11-12-22(30-23(21)17-20)19(2)29-25(32)35-26(3,4)5/h9-14,17,19H,8,15-16,18H2,1-7H3,(H,29,32)/t19-,28?/m1/s1. The minimum atomic E-state index is -0.728. The molecule has 1 aliphatic rings. The first kappa shape index (κ1) is 26.7. The molecule has 1 unspecified atom stereocenters. The van der Waals surface area contributed by atoms with E-state index in [4.69, 9.17) is 19.2 Å². The fraction of sp³-hybridized carbons (Fsp3) is 0.536. The molecule has 1 aromatic carbocycles. The number of benzene rings is 1. The van der Waals surface area contributed by atoms with Gasteiger partial charge in [0.05, 0.1) is 34.9 Å². The highest BCUT2D eigenvalue weighted by Crippen LogP contribution is 2.41. The van der Waals surface area contributed by atoms with Crippen LogP contribution in [0.5, 0.6) is 0 Å². The van der Waals surface area contributed by atoms with Crippen LogP contribution >= 0.6 is 0 Å². The molecule has 190 valence electrons. The molecule has 1 aliphatic heterocycles. The van der Waals surface area contributed by atoms with Gasteiger partial charge in [-0.05, 0) is 79.0 Å². The SMILES string of the molecule is CCOC(=O)C1(C=Cc2ccc3ccc([C@@H](C)NC(=O)OC(C)(C)C)nc3c2)CCOC(C)(C)C1. The number of hydrogen-bond acceptors (Lipinski definition) is 6. The Hall–Kier alpha value is -2.93. The van der Waals surface area contributed by atoms with Gasteiger partial charge in [0.15, 0.2) is 0 Å². The van der Waals surface area contributed by atoms with E-state index in [-0.39, 0.29) is 12.0 Å². The highest BCUT2D eigenvalue weighted by atomic mass is 16.6. The second-order valence-electron chi connectivity index (χ2n) is 10.8. The fourth-order valence-electron chi connectivity index (χ4n) is 4.38. The van der Waals surface area contributed by atoms with Crippen LogP contribution in [0.25, 0.3) is 17.0 Å². The summed E-state index contributed by atoms with van der Waals surface area (Å²) in [6, 6.07) is 9.57. The monoisotopic (exact) mass is 482 g/mol. The predicted octanol–water partition coefficient (Wildman–Crippen LogP) is 5.97. The van der Waals surface area contributed by atoms with E-state index in [1.807, 2.05) is 91.0 Å². The summed E-state index contributed by atoms with van der Waals surface area (Å²) >= 11 is 0. The number of rotatable bonds is 6. The zero-order chi connectivity index (χ0) is 25.9. The van der Waals surface area contributed by atoms with Gasteiger partial charge in [-0.15, -0.1) is 0 Å². The first-order valence-electron chi connectivity index (χ1n) is 12.2. The maximum Gasteiger partial charge on any atom is 0.408 e. The third-order valence-electron chi connectivity index (χ3n) is 5.97. The highest BCUT2D eigenvalue weighted by molar-refractivity contribution is 5.83. The number of nitrogens with one attached hydrogen (secondary N) is 1. The van der Waals surface area contributed by atoms with E-state index in [0.29, 0.717) is 26.1 Å². The molecule has 1 fully saturated rings. The summed E-state index contributed by atoms with van der Waals surface area (Å²) in [5.41, 5.74) is 0.768. The number of hydrogen-bond donors (Lipinski definition) is 1. The lowest BCUT2D eigenvalue weighted by Crippen LogP contribution is -2.45. The van der Waals surface area contributed by atoms with Crippen molar-refractivity contribution in [2.45, 2.75) is 78.6 Å². The number of pyridine rings is 1. The van der Waals surface area contributed by atoms with Crippen molar-refractivity contribution >= 4 is 29.0 Å². The van der Waals surface area contributed by atoms with Crippen LogP contribution in [-0.4, -0.2) is 41.5 Å². The Morgan fingerprint density at radius 2 is 1.94 bits per heavy atom. The molecule has 3 rings (SSSR count). The maximum absolute atomic E-state index is 12.9. The topological polar surface area (TPSA) is 86.8 Å². The molecule has 1 amide bonds. The maximum atomic E-state index is 12.9. The number of amides is 1. The number of aromatic nitrogens is 1. The van der Waals surface area contributed by atoms with Crippen LogP contribution < -0.4 is 5.32 Å². The van der Waals surface area contributed by atoms with Crippen LogP contribution in [0.4, 0.5) is 4.79 Å². The second kappa shape index (κ2) is 10.4. The predicted molar refractivity (Wildman–Crippen MR) is 137 cm³/mol. The van der Waals surface area contributed by atoms with Crippen molar-refractivity contribution in [1.29, 1.82) is 0 Å². The van der Waals surface area contributed by atoms with Gasteiger partial charge in [0.2, 0.25) is 0 Å². The average Bonchev–Trinajstić information content (AvgIpc) is 2.75. The molecule has 7 nitrogen and oxygen atoms in total. The molecule has 0 spiro atoms. The molecule has 2 aromatic rings. The summed E-state index contributed by atoms with van der Waals surface area (Å²) in [4.78, 5) is 29.9. The first-order valence-corrected chi connectivity index (χ1v) is 12.2. The van der Waals surface area contributed by atoms with E-state index in [2.05, 4.69) is 5.32 Å². The third-order valence-corrected chi connectivity index (χ3v) is 5.97. The van der Waals surface area contributed by atoms with Crippen molar-refractivity contribution in [3.05, 3.63) is 47.7 Å². The Kier molecular flexibility index (Phi) is 7.90. The third kappa shape index (κ3) is 7.04. The number of nitrogens with zero attached hydrogens (tertiary/aromatic N) is 1. The fourth-order valence-corrected chi connectivity index (χ4v) is 4.38. The van der Waals surface area contributed by atoms with Gasteiger partial charge in [-0.1, -0.05) is 30.4 Å². The van der Waals surface area contributed by atoms with Crippen LogP contribution in [0.15, 0.2) is 36.4 Å². The van der Waals surface area contributed by atoms with Gasteiger partial charge in [-0.25, -0.2) is 4.79 Å². The van der Waals surface area contributed by atoms with Crippen LogP contribution in [0.1, 0.15) is 78.6 Å². The lowest BCUT2D eigenvalue weighted by Gasteiger charge is -2.41. The molecular weight excluding hydrogens is 444 g/mol. The van der Waals surface area contributed by atoms with Crippen molar-refractivity contribution < 1.29 is 23.8 Å². The largest absolute Gasteiger partial charge is 0.465 e. The molecule has 1 N–H and O–H groups in total. The van der Waals surface area contributed by atoms with E-state index in [1.54, 1.807) is 0 Å². The van der Waals surface area contributed by atoms with Crippen molar-refractivity contribution in [1.82, 2.24) is 10.3 Å². The molecular formula is C28H38N2O5. The highest BCUT2D eigenvalue weighted by Gasteiger charge is 2.45. The smallest absolute Gasteiger partial charge is 0.408 e. The van der Waals surface area contributed by atoms with E-state index in [0.717, 1.165) is 22.2 Å². The van der Waals surface area contributed by atoms with Crippen LogP contribution in [0.3, 0.4) is 0 Å². The molecule has 1 aromatic heterocycles. The normalized spacial score (nSPS) is 21.0. The van der Waals surface area contributed by atoms with Crippen molar-refractivity contribution in [2.24, 2.45) is 5.41 Å². The summed E-state index contributed by atoms with van der Waals surface area (Å²) in [5, 5.41) is 3.82. The number of esters is 1. The average molecular weight is 483 g/mol. The lowest BCUT2D eigenvalue weighted by atomic mass is 9.73. The zero-order valence-corrected chi connectivity index (χ0v) is 21.9. The van der Waals surface area contributed by atoms with Gasteiger partial charge in [0, 0.05) is 12.0 Å². The molecule has 0 radical (unpaired) electrons. The zero-order valence-electron chi connectivity index (χ0n) is 21.9. The van der Waals surface area contributed by atoms with E-state index < -0.39 is 22.7 Å². The Morgan fingerprint density at radius 1 is 1.23 bits per heavy atom.